The maximum absolute atomic E-state index is 5.69. The Balaban J connectivity index is 2.44. The first-order valence-electron chi connectivity index (χ1n) is 5.08. The monoisotopic (exact) mass is 426 g/mol. The highest BCUT2D eigenvalue weighted by molar-refractivity contribution is 14.1. The van der Waals surface area contributed by atoms with Crippen LogP contribution in [0.5, 0.6) is 0 Å². The van der Waals surface area contributed by atoms with E-state index in [1.54, 1.807) is 17.5 Å². The second-order valence-corrected chi connectivity index (χ2v) is 7.14. The Bertz CT molecular complexity index is 510. The first kappa shape index (κ1) is 13.5. The SMILES string of the molecule is CCn1ncc(Br)c1C(NN)c1csc(I)c1. The molecule has 0 fully saturated rings. The van der Waals surface area contributed by atoms with Crippen molar-refractivity contribution in [2.75, 3.05) is 0 Å². The van der Waals surface area contributed by atoms with Crippen molar-refractivity contribution in [3.8, 4) is 0 Å². The van der Waals surface area contributed by atoms with Crippen LogP contribution >= 0.6 is 49.9 Å². The molecule has 2 aromatic heterocycles. The van der Waals surface area contributed by atoms with Crippen molar-refractivity contribution in [1.82, 2.24) is 15.2 Å². The van der Waals surface area contributed by atoms with Crippen molar-refractivity contribution in [1.29, 1.82) is 0 Å². The third kappa shape index (κ3) is 2.73. The van der Waals surface area contributed by atoms with Crippen molar-refractivity contribution in [3.63, 3.8) is 0 Å². The lowest BCUT2D eigenvalue weighted by Gasteiger charge is -2.16. The number of rotatable bonds is 4. The molecule has 0 aliphatic rings. The fourth-order valence-electron chi connectivity index (χ4n) is 1.72. The van der Waals surface area contributed by atoms with E-state index < -0.39 is 0 Å². The average molecular weight is 427 g/mol. The third-order valence-electron chi connectivity index (χ3n) is 2.49. The average Bonchev–Trinajstić information content (AvgIpc) is 2.89. The summed E-state index contributed by atoms with van der Waals surface area (Å²) in [6.45, 7) is 2.88. The van der Waals surface area contributed by atoms with Gasteiger partial charge in [0.15, 0.2) is 0 Å². The Hall–Kier alpha value is 0.0400. The minimum absolute atomic E-state index is 0.0356. The molecule has 7 heteroatoms. The summed E-state index contributed by atoms with van der Waals surface area (Å²) in [5, 5.41) is 6.43. The lowest BCUT2D eigenvalue weighted by molar-refractivity contribution is 0.542. The van der Waals surface area contributed by atoms with Gasteiger partial charge in [-0.25, -0.2) is 5.43 Å². The van der Waals surface area contributed by atoms with Crippen LogP contribution in [-0.4, -0.2) is 9.78 Å². The maximum Gasteiger partial charge on any atom is 0.0898 e. The normalized spacial score (nSPS) is 12.9. The summed E-state index contributed by atoms with van der Waals surface area (Å²) in [4.78, 5) is 0. The minimum atomic E-state index is -0.0356. The lowest BCUT2D eigenvalue weighted by Crippen LogP contribution is -2.30. The number of aromatic nitrogens is 2. The molecule has 0 saturated heterocycles. The van der Waals surface area contributed by atoms with Gasteiger partial charge < -0.3 is 0 Å². The summed E-state index contributed by atoms with van der Waals surface area (Å²) in [6, 6.07) is 2.10. The third-order valence-corrected chi connectivity index (χ3v) is 4.91. The highest BCUT2D eigenvalue weighted by Crippen LogP contribution is 2.31. The smallest absolute Gasteiger partial charge is 0.0898 e. The number of nitrogens with one attached hydrogen (secondary N) is 1. The zero-order valence-electron chi connectivity index (χ0n) is 9.15. The van der Waals surface area contributed by atoms with E-state index >= 15 is 0 Å². The molecule has 17 heavy (non-hydrogen) atoms. The van der Waals surface area contributed by atoms with Gasteiger partial charge in [-0.05, 0) is 62.5 Å². The Labute approximate surface area is 126 Å². The molecule has 0 aliphatic heterocycles. The first-order chi connectivity index (χ1) is 8.17. The molecule has 3 N–H and O–H groups in total. The van der Waals surface area contributed by atoms with Gasteiger partial charge in [0.05, 0.1) is 25.3 Å². The number of hydrogen-bond acceptors (Lipinski definition) is 4. The summed E-state index contributed by atoms with van der Waals surface area (Å²) < 4.78 is 4.17. The van der Waals surface area contributed by atoms with E-state index in [0.717, 1.165) is 22.3 Å². The molecule has 2 heterocycles. The summed E-state index contributed by atoms with van der Waals surface area (Å²) in [6.07, 6.45) is 1.81. The van der Waals surface area contributed by atoms with Crippen molar-refractivity contribution in [2.24, 2.45) is 5.84 Å². The van der Waals surface area contributed by atoms with Crippen LogP contribution in [-0.2, 0) is 6.54 Å². The summed E-state index contributed by atoms with van der Waals surface area (Å²) in [7, 11) is 0. The highest BCUT2D eigenvalue weighted by Gasteiger charge is 2.21. The number of hydrogen-bond donors (Lipinski definition) is 2. The molecule has 0 spiro atoms. The Morgan fingerprint density at radius 2 is 2.47 bits per heavy atom. The molecule has 0 aliphatic carbocycles. The second kappa shape index (κ2) is 5.79. The number of nitrogens with zero attached hydrogens (tertiary/aromatic N) is 2. The van der Waals surface area contributed by atoms with Crippen LogP contribution in [0.4, 0.5) is 0 Å². The van der Waals surface area contributed by atoms with Gasteiger partial charge in [-0.2, -0.15) is 5.10 Å². The van der Waals surface area contributed by atoms with Crippen molar-refractivity contribution >= 4 is 49.9 Å². The predicted molar refractivity (Wildman–Crippen MR) is 81.8 cm³/mol. The Kier molecular flexibility index (Phi) is 4.59. The summed E-state index contributed by atoms with van der Waals surface area (Å²) in [5.41, 5.74) is 5.09. The zero-order valence-corrected chi connectivity index (χ0v) is 13.7. The van der Waals surface area contributed by atoms with Gasteiger partial charge in [0.2, 0.25) is 0 Å². The quantitative estimate of drug-likeness (QED) is 0.449. The van der Waals surface area contributed by atoms with E-state index in [2.05, 4.69) is 67.4 Å². The fourth-order valence-corrected chi connectivity index (χ4v) is 3.64. The molecule has 2 aromatic rings. The van der Waals surface area contributed by atoms with Crippen LogP contribution in [0.2, 0.25) is 0 Å². The van der Waals surface area contributed by atoms with Gasteiger partial charge in [0, 0.05) is 6.54 Å². The van der Waals surface area contributed by atoms with E-state index in [1.165, 1.54) is 2.88 Å². The number of aryl methyl sites for hydroxylation is 1. The lowest BCUT2D eigenvalue weighted by atomic mass is 10.1. The van der Waals surface area contributed by atoms with Gasteiger partial charge in [-0.1, -0.05) is 0 Å². The van der Waals surface area contributed by atoms with Gasteiger partial charge in [-0.15, -0.1) is 11.3 Å². The van der Waals surface area contributed by atoms with Crippen LogP contribution in [0, 0.1) is 2.88 Å². The second-order valence-electron chi connectivity index (χ2n) is 3.48. The van der Waals surface area contributed by atoms with Crippen LogP contribution in [0.15, 0.2) is 22.1 Å². The van der Waals surface area contributed by atoms with Crippen molar-refractivity contribution < 1.29 is 0 Å². The predicted octanol–water partition coefficient (Wildman–Crippen LogP) is 2.88. The molecule has 0 saturated carbocycles. The van der Waals surface area contributed by atoms with E-state index in [-0.39, 0.29) is 6.04 Å². The molecule has 4 nitrogen and oxygen atoms in total. The number of halogens is 2. The molecule has 1 unspecified atom stereocenters. The summed E-state index contributed by atoms with van der Waals surface area (Å²) >= 11 is 7.55. The molecule has 0 amide bonds. The molecule has 0 radical (unpaired) electrons. The van der Waals surface area contributed by atoms with Crippen LogP contribution in [0.3, 0.4) is 0 Å². The Morgan fingerprint density at radius 3 is 3.00 bits per heavy atom. The molecular formula is C10H12BrIN4S. The number of hydrazine groups is 1. The maximum atomic E-state index is 5.69. The molecular weight excluding hydrogens is 415 g/mol. The van der Waals surface area contributed by atoms with E-state index in [0.29, 0.717) is 0 Å². The first-order valence-corrected chi connectivity index (χ1v) is 7.83. The molecule has 0 aromatic carbocycles. The number of thiophene rings is 1. The van der Waals surface area contributed by atoms with Gasteiger partial charge >= 0.3 is 0 Å². The van der Waals surface area contributed by atoms with Gasteiger partial charge in [0.1, 0.15) is 0 Å². The molecule has 1 atom stereocenters. The van der Waals surface area contributed by atoms with Crippen LogP contribution in [0.1, 0.15) is 24.2 Å². The topological polar surface area (TPSA) is 55.9 Å². The standard InChI is InChI=1S/C10H12BrIN4S/c1-2-16-10(7(11)4-14-16)9(15-13)6-3-8(12)17-5-6/h3-5,9,15H,2,13H2,1H3. The molecule has 92 valence electrons. The van der Waals surface area contributed by atoms with E-state index in [4.69, 9.17) is 5.84 Å². The van der Waals surface area contributed by atoms with Crippen LogP contribution < -0.4 is 11.3 Å². The zero-order chi connectivity index (χ0) is 12.4. The minimum Gasteiger partial charge on any atom is -0.271 e. The highest BCUT2D eigenvalue weighted by atomic mass is 127. The molecule has 2 rings (SSSR count). The fraction of sp³-hybridized carbons (Fsp3) is 0.300. The Morgan fingerprint density at radius 1 is 1.71 bits per heavy atom. The van der Waals surface area contributed by atoms with Crippen LogP contribution in [0.25, 0.3) is 0 Å². The van der Waals surface area contributed by atoms with Crippen molar-refractivity contribution in [3.05, 3.63) is 36.3 Å². The van der Waals surface area contributed by atoms with E-state index in [9.17, 15) is 0 Å². The van der Waals surface area contributed by atoms with E-state index in [1.807, 2.05) is 4.68 Å². The van der Waals surface area contributed by atoms with Gasteiger partial charge in [0.25, 0.3) is 0 Å². The molecule has 0 bridgehead atoms. The number of nitrogens with two attached hydrogens (primary N) is 1. The van der Waals surface area contributed by atoms with Crippen molar-refractivity contribution in [2.45, 2.75) is 19.5 Å². The largest absolute Gasteiger partial charge is 0.271 e. The summed E-state index contributed by atoms with van der Waals surface area (Å²) in [5.74, 6) is 5.69. The van der Waals surface area contributed by atoms with Gasteiger partial charge in [-0.3, -0.25) is 10.5 Å².